The van der Waals surface area contributed by atoms with E-state index in [0.29, 0.717) is 31.7 Å². The fourth-order valence-corrected chi connectivity index (χ4v) is 3.77. The van der Waals surface area contributed by atoms with Gasteiger partial charge in [0.05, 0.1) is 19.2 Å². The summed E-state index contributed by atoms with van der Waals surface area (Å²) in [6, 6.07) is 7.65. The van der Waals surface area contributed by atoms with Crippen LogP contribution in [-0.2, 0) is 20.7 Å². The third-order valence-corrected chi connectivity index (χ3v) is 4.85. The Hall–Kier alpha value is -2.78. The number of nitrogens with zero attached hydrogens (tertiary/aromatic N) is 2. The molecule has 6 nitrogen and oxygen atoms in total. The molecule has 0 bridgehead atoms. The van der Waals surface area contributed by atoms with E-state index in [-0.39, 0.29) is 0 Å². The maximum atomic E-state index is 13.1. The summed E-state index contributed by atoms with van der Waals surface area (Å²) in [6.07, 6.45) is 5.68. The van der Waals surface area contributed by atoms with Crippen molar-refractivity contribution in [3.8, 4) is 12.3 Å². The normalized spacial score (nSPS) is 17.5. The highest BCUT2D eigenvalue weighted by atomic mass is 16.6. The summed E-state index contributed by atoms with van der Waals surface area (Å²) >= 11 is 0. The minimum atomic E-state index is -0.656. The Morgan fingerprint density at radius 2 is 2.00 bits per heavy atom. The number of terminal acetylenes is 1. The quantitative estimate of drug-likeness (QED) is 0.590. The van der Waals surface area contributed by atoms with Gasteiger partial charge in [0.25, 0.3) is 0 Å². The third-order valence-electron chi connectivity index (χ3n) is 4.85. The molecule has 0 fully saturated rings. The number of benzene rings is 1. The van der Waals surface area contributed by atoms with Crippen LogP contribution < -0.4 is 0 Å². The van der Waals surface area contributed by atoms with Crippen LogP contribution in [0.3, 0.4) is 0 Å². The van der Waals surface area contributed by atoms with E-state index in [1.165, 1.54) is 11.7 Å². The van der Waals surface area contributed by atoms with Crippen LogP contribution in [-0.4, -0.2) is 53.9 Å². The van der Waals surface area contributed by atoms with E-state index >= 15 is 0 Å². The first-order valence-electron chi connectivity index (χ1n) is 9.36. The number of fused-ring (bicyclic) bond motifs is 3. The Balaban J connectivity index is 2.23. The Kier molecular flexibility index (Phi) is 5.48. The fourth-order valence-electron chi connectivity index (χ4n) is 3.77. The van der Waals surface area contributed by atoms with Gasteiger partial charge in [-0.15, -0.1) is 6.42 Å². The molecule has 0 amide bonds. The van der Waals surface area contributed by atoms with Gasteiger partial charge in [-0.2, -0.15) is 0 Å². The number of ether oxygens (including phenoxy) is 2. The van der Waals surface area contributed by atoms with Gasteiger partial charge >= 0.3 is 12.1 Å². The van der Waals surface area contributed by atoms with Crippen molar-refractivity contribution in [3.05, 3.63) is 35.5 Å². The number of esters is 1. The van der Waals surface area contributed by atoms with Crippen LogP contribution >= 0.6 is 0 Å². The fraction of sp³-hybridized carbons (Fsp3) is 0.455. The molecule has 2 aromatic rings. The van der Waals surface area contributed by atoms with Gasteiger partial charge in [-0.25, -0.2) is 9.36 Å². The molecule has 3 rings (SSSR count). The Labute approximate surface area is 165 Å². The second kappa shape index (κ2) is 7.69. The average molecular weight is 382 g/mol. The molecular weight excluding hydrogens is 356 g/mol. The number of aromatic nitrogens is 1. The lowest BCUT2D eigenvalue weighted by Gasteiger charge is -2.24. The Morgan fingerprint density at radius 1 is 1.29 bits per heavy atom. The van der Waals surface area contributed by atoms with E-state index in [9.17, 15) is 9.59 Å². The van der Waals surface area contributed by atoms with E-state index in [2.05, 4.69) is 5.92 Å². The smallest absolute Gasteiger partial charge is 0.419 e. The van der Waals surface area contributed by atoms with Gasteiger partial charge in [-0.05, 0) is 38.8 Å². The number of rotatable bonds is 2. The number of methoxy groups -OCH3 is 1. The minimum Gasteiger partial charge on any atom is -0.468 e. The molecule has 6 heteroatoms. The zero-order valence-electron chi connectivity index (χ0n) is 16.8. The van der Waals surface area contributed by atoms with E-state index in [4.69, 9.17) is 15.9 Å². The van der Waals surface area contributed by atoms with Gasteiger partial charge in [0.1, 0.15) is 11.5 Å². The monoisotopic (exact) mass is 382 g/mol. The van der Waals surface area contributed by atoms with Gasteiger partial charge in [-0.3, -0.25) is 9.69 Å². The number of para-hydroxylation sites is 1. The topological polar surface area (TPSA) is 60.8 Å². The summed E-state index contributed by atoms with van der Waals surface area (Å²) in [7, 11) is 1.36. The molecule has 1 aliphatic heterocycles. The third kappa shape index (κ3) is 3.76. The van der Waals surface area contributed by atoms with Crippen LogP contribution in [0.5, 0.6) is 0 Å². The lowest BCUT2D eigenvalue weighted by atomic mass is 9.99. The average Bonchev–Trinajstić information content (AvgIpc) is 2.84. The van der Waals surface area contributed by atoms with Crippen molar-refractivity contribution in [1.82, 2.24) is 9.47 Å². The van der Waals surface area contributed by atoms with Crippen molar-refractivity contribution < 1.29 is 19.1 Å². The first-order valence-corrected chi connectivity index (χ1v) is 9.36. The SMILES string of the molecule is C#CCN1CCc2c(n(C(=O)OC(C)(C)C)c3ccccc23)[C@@H](C(=O)OC)C1. The molecule has 0 spiro atoms. The number of carbonyl (C=O) groups is 2. The van der Waals surface area contributed by atoms with Crippen LogP contribution in [0.2, 0.25) is 0 Å². The van der Waals surface area contributed by atoms with Gasteiger partial charge in [0.15, 0.2) is 0 Å². The number of hydrogen-bond donors (Lipinski definition) is 0. The zero-order valence-corrected chi connectivity index (χ0v) is 16.8. The molecule has 1 aromatic heterocycles. The summed E-state index contributed by atoms with van der Waals surface area (Å²) < 4.78 is 12.3. The summed E-state index contributed by atoms with van der Waals surface area (Å²) in [4.78, 5) is 27.9. The first-order chi connectivity index (χ1) is 13.3. The standard InChI is InChI=1S/C22H26N2O4/c1-6-12-23-13-11-16-15-9-7-8-10-18(15)24(21(26)28-22(2,3)4)19(16)17(14-23)20(25)27-5/h1,7-10,17H,11-14H2,2-5H3/t17-/m0/s1. The second-order valence-electron chi connectivity index (χ2n) is 7.96. The van der Waals surface area contributed by atoms with Crippen molar-refractivity contribution in [2.24, 2.45) is 0 Å². The van der Waals surface area contributed by atoms with Gasteiger partial charge in [-0.1, -0.05) is 24.1 Å². The molecule has 0 saturated carbocycles. The van der Waals surface area contributed by atoms with Crippen molar-refractivity contribution in [1.29, 1.82) is 0 Å². The maximum absolute atomic E-state index is 13.1. The molecule has 0 saturated heterocycles. The van der Waals surface area contributed by atoms with E-state index in [0.717, 1.165) is 16.5 Å². The van der Waals surface area contributed by atoms with Crippen LogP contribution in [0.1, 0.15) is 37.9 Å². The highest BCUT2D eigenvalue weighted by Crippen LogP contribution is 2.35. The molecule has 1 aliphatic rings. The maximum Gasteiger partial charge on any atom is 0.419 e. The Bertz CT molecular complexity index is 946. The summed E-state index contributed by atoms with van der Waals surface area (Å²) in [6.45, 7) is 6.99. The van der Waals surface area contributed by atoms with Crippen LogP contribution in [0.4, 0.5) is 4.79 Å². The summed E-state index contributed by atoms with van der Waals surface area (Å²) in [5, 5.41) is 0.944. The molecule has 1 atom stereocenters. The van der Waals surface area contributed by atoms with Gasteiger partial charge < -0.3 is 9.47 Å². The summed E-state index contributed by atoms with van der Waals surface area (Å²) in [5.74, 6) is 1.62. The van der Waals surface area contributed by atoms with Crippen LogP contribution in [0, 0.1) is 12.3 Å². The first kappa shape index (κ1) is 20.0. The summed E-state index contributed by atoms with van der Waals surface area (Å²) in [5.41, 5.74) is 1.69. The zero-order chi connectivity index (χ0) is 20.5. The molecule has 0 N–H and O–H groups in total. The molecule has 0 aliphatic carbocycles. The van der Waals surface area contributed by atoms with Crippen molar-refractivity contribution in [2.75, 3.05) is 26.7 Å². The van der Waals surface area contributed by atoms with Crippen LogP contribution in [0.15, 0.2) is 24.3 Å². The highest BCUT2D eigenvalue weighted by molar-refractivity contribution is 5.96. The largest absolute Gasteiger partial charge is 0.468 e. The molecule has 0 unspecified atom stereocenters. The van der Waals surface area contributed by atoms with Gasteiger partial charge in [0, 0.05) is 24.2 Å². The van der Waals surface area contributed by atoms with E-state index < -0.39 is 23.6 Å². The molecule has 148 valence electrons. The lowest BCUT2D eigenvalue weighted by Crippen LogP contribution is -2.34. The van der Waals surface area contributed by atoms with Crippen LogP contribution in [0.25, 0.3) is 10.9 Å². The minimum absolute atomic E-state index is 0.391. The second-order valence-corrected chi connectivity index (χ2v) is 7.96. The lowest BCUT2D eigenvalue weighted by molar-refractivity contribution is -0.143. The molecule has 1 aromatic carbocycles. The van der Waals surface area contributed by atoms with Crippen molar-refractivity contribution in [2.45, 2.75) is 38.7 Å². The Morgan fingerprint density at radius 3 is 2.64 bits per heavy atom. The van der Waals surface area contributed by atoms with E-state index in [1.807, 2.05) is 49.9 Å². The molecular formula is C22H26N2O4. The molecule has 2 heterocycles. The van der Waals surface area contributed by atoms with Crippen molar-refractivity contribution >= 4 is 23.0 Å². The highest BCUT2D eigenvalue weighted by Gasteiger charge is 2.36. The van der Waals surface area contributed by atoms with E-state index in [1.54, 1.807) is 0 Å². The predicted molar refractivity (Wildman–Crippen MR) is 107 cm³/mol. The number of hydrogen-bond acceptors (Lipinski definition) is 5. The molecule has 28 heavy (non-hydrogen) atoms. The van der Waals surface area contributed by atoms with Gasteiger partial charge in [0.2, 0.25) is 0 Å². The predicted octanol–water partition coefficient (Wildman–Crippen LogP) is 3.17. The molecule has 0 radical (unpaired) electrons. The number of carbonyl (C=O) groups excluding carboxylic acids is 2. The van der Waals surface area contributed by atoms with Crippen molar-refractivity contribution in [3.63, 3.8) is 0 Å².